The van der Waals surface area contributed by atoms with E-state index in [-0.39, 0.29) is 0 Å². The second kappa shape index (κ2) is 8.08. The Kier molecular flexibility index (Phi) is 7.06. The van der Waals surface area contributed by atoms with Gasteiger partial charge < -0.3 is 10.2 Å². The third-order valence-electron chi connectivity index (χ3n) is 3.87. The molecule has 16 heavy (non-hydrogen) atoms. The molecule has 2 heteroatoms. The number of hydrogen-bond donors (Lipinski definition) is 1. The van der Waals surface area contributed by atoms with Gasteiger partial charge in [0.05, 0.1) is 0 Å². The summed E-state index contributed by atoms with van der Waals surface area (Å²) in [5.41, 5.74) is 0. The van der Waals surface area contributed by atoms with Crippen molar-refractivity contribution >= 4 is 0 Å². The predicted molar refractivity (Wildman–Crippen MR) is 71.8 cm³/mol. The molecule has 1 rings (SSSR count). The van der Waals surface area contributed by atoms with Crippen LogP contribution in [0.3, 0.4) is 0 Å². The van der Waals surface area contributed by atoms with Crippen LogP contribution in [0, 0.1) is 5.92 Å². The zero-order chi connectivity index (χ0) is 11.8. The van der Waals surface area contributed by atoms with Crippen molar-refractivity contribution in [3.05, 3.63) is 0 Å². The van der Waals surface area contributed by atoms with Gasteiger partial charge in [-0.05, 0) is 51.7 Å². The predicted octanol–water partition coefficient (Wildman–Crippen LogP) is 2.89. The highest BCUT2D eigenvalue weighted by Crippen LogP contribution is 2.17. The van der Waals surface area contributed by atoms with E-state index >= 15 is 0 Å². The highest BCUT2D eigenvalue weighted by atomic mass is 15.1. The molecule has 2 nitrogen and oxygen atoms in total. The van der Waals surface area contributed by atoms with Crippen LogP contribution in [0.15, 0.2) is 0 Å². The minimum absolute atomic E-state index is 0.824. The van der Waals surface area contributed by atoms with Crippen molar-refractivity contribution in [2.24, 2.45) is 5.92 Å². The first-order chi connectivity index (χ1) is 7.77. The van der Waals surface area contributed by atoms with Gasteiger partial charge in [-0.3, -0.25) is 0 Å². The van der Waals surface area contributed by atoms with E-state index in [1.165, 1.54) is 58.2 Å². The lowest BCUT2D eigenvalue weighted by Crippen LogP contribution is -2.39. The second-order valence-electron chi connectivity index (χ2n) is 5.36. The van der Waals surface area contributed by atoms with Crippen LogP contribution in [0.4, 0.5) is 0 Å². The van der Waals surface area contributed by atoms with Crippen molar-refractivity contribution in [3.63, 3.8) is 0 Å². The summed E-state index contributed by atoms with van der Waals surface area (Å²) in [7, 11) is 2.33. The van der Waals surface area contributed by atoms with Gasteiger partial charge in [0, 0.05) is 12.6 Å². The van der Waals surface area contributed by atoms with E-state index in [2.05, 4.69) is 31.1 Å². The minimum atomic E-state index is 0.824. The molecular formula is C14H30N2. The smallest absolute Gasteiger partial charge is 0.00921 e. The molecule has 0 spiro atoms. The standard InChI is InChI=1S/C14H30N2/c1-4-6-14(7-5-2)16(3)12-13-8-10-15-11-9-13/h13-15H,4-12H2,1-3H3. The summed E-state index contributed by atoms with van der Waals surface area (Å²) < 4.78 is 0. The molecule has 0 aliphatic carbocycles. The Labute approximate surface area is 102 Å². The number of rotatable bonds is 7. The molecule has 1 aliphatic heterocycles. The fraction of sp³-hybridized carbons (Fsp3) is 1.00. The van der Waals surface area contributed by atoms with Crippen LogP contribution >= 0.6 is 0 Å². The van der Waals surface area contributed by atoms with Gasteiger partial charge in [-0.2, -0.15) is 0 Å². The van der Waals surface area contributed by atoms with Crippen LogP contribution in [0.2, 0.25) is 0 Å². The van der Waals surface area contributed by atoms with Crippen molar-refractivity contribution in [1.82, 2.24) is 10.2 Å². The lowest BCUT2D eigenvalue weighted by atomic mass is 9.96. The van der Waals surface area contributed by atoms with E-state index in [1.807, 2.05) is 0 Å². The van der Waals surface area contributed by atoms with Gasteiger partial charge in [-0.1, -0.05) is 26.7 Å². The zero-order valence-corrected chi connectivity index (χ0v) is 11.5. The average Bonchev–Trinajstić information content (AvgIpc) is 2.30. The SMILES string of the molecule is CCCC(CCC)N(C)CC1CCNCC1. The van der Waals surface area contributed by atoms with Crippen LogP contribution in [0.5, 0.6) is 0 Å². The maximum Gasteiger partial charge on any atom is 0.00921 e. The lowest BCUT2D eigenvalue weighted by molar-refractivity contribution is 0.169. The van der Waals surface area contributed by atoms with E-state index in [4.69, 9.17) is 0 Å². The van der Waals surface area contributed by atoms with Crippen LogP contribution < -0.4 is 5.32 Å². The number of piperidine rings is 1. The Bertz CT molecular complexity index is 158. The molecule has 0 unspecified atom stereocenters. The van der Waals surface area contributed by atoms with E-state index in [0.29, 0.717) is 0 Å². The normalized spacial score (nSPS) is 18.6. The van der Waals surface area contributed by atoms with Crippen LogP contribution in [-0.2, 0) is 0 Å². The fourth-order valence-corrected chi connectivity index (χ4v) is 2.87. The topological polar surface area (TPSA) is 15.3 Å². The van der Waals surface area contributed by atoms with Gasteiger partial charge >= 0.3 is 0 Å². The highest BCUT2D eigenvalue weighted by molar-refractivity contribution is 4.75. The summed E-state index contributed by atoms with van der Waals surface area (Å²) in [6, 6.07) is 0.824. The molecular weight excluding hydrogens is 196 g/mol. The molecule has 0 aromatic heterocycles. The van der Waals surface area contributed by atoms with Crippen LogP contribution in [0.25, 0.3) is 0 Å². The Balaban J connectivity index is 2.31. The summed E-state index contributed by atoms with van der Waals surface area (Å²) in [4.78, 5) is 2.63. The first kappa shape index (κ1) is 14.0. The summed E-state index contributed by atoms with van der Waals surface area (Å²) >= 11 is 0. The molecule has 1 saturated heterocycles. The second-order valence-corrected chi connectivity index (χ2v) is 5.36. The summed E-state index contributed by atoms with van der Waals surface area (Å²) in [6.07, 6.45) is 8.12. The number of nitrogens with one attached hydrogen (secondary N) is 1. The molecule has 1 aliphatic rings. The fourth-order valence-electron chi connectivity index (χ4n) is 2.87. The van der Waals surface area contributed by atoms with Gasteiger partial charge in [0.15, 0.2) is 0 Å². The van der Waals surface area contributed by atoms with E-state index in [1.54, 1.807) is 0 Å². The molecule has 96 valence electrons. The summed E-state index contributed by atoms with van der Waals surface area (Å²) in [5.74, 6) is 0.933. The first-order valence-corrected chi connectivity index (χ1v) is 7.18. The third-order valence-corrected chi connectivity index (χ3v) is 3.87. The molecule has 0 saturated carbocycles. The molecule has 1 N–H and O–H groups in total. The van der Waals surface area contributed by atoms with Gasteiger partial charge in [-0.15, -0.1) is 0 Å². The monoisotopic (exact) mass is 226 g/mol. The number of hydrogen-bond acceptors (Lipinski definition) is 2. The molecule has 0 bridgehead atoms. The van der Waals surface area contributed by atoms with Crippen molar-refractivity contribution in [2.75, 3.05) is 26.7 Å². The quantitative estimate of drug-likeness (QED) is 0.718. The maximum atomic E-state index is 3.45. The Morgan fingerprint density at radius 3 is 2.19 bits per heavy atom. The van der Waals surface area contributed by atoms with Crippen molar-refractivity contribution in [3.8, 4) is 0 Å². The van der Waals surface area contributed by atoms with Gasteiger partial charge in [0.1, 0.15) is 0 Å². The zero-order valence-electron chi connectivity index (χ0n) is 11.5. The Hall–Kier alpha value is -0.0800. The van der Waals surface area contributed by atoms with Gasteiger partial charge in [0.2, 0.25) is 0 Å². The van der Waals surface area contributed by atoms with E-state index in [0.717, 1.165) is 12.0 Å². The summed E-state index contributed by atoms with van der Waals surface area (Å²) in [5, 5.41) is 3.45. The molecule has 0 aromatic carbocycles. The summed E-state index contributed by atoms with van der Waals surface area (Å²) in [6.45, 7) is 8.38. The molecule has 1 fully saturated rings. The van der Waals surface area contributed by atoms with E-state index in [9.17, 15) is 0 Å². The molecule has 0 atom stereocenters. The lowest BCUT2D eigenvalue weighted by Gasteiger charge is -2.33. The molecule has 1 heterocycles. The minimum Gasteiger partial charge on any atom is -0.317 e. The largest absolute Gasteiger partial charge is 0.317 e. The third kappa shape index (κ3) is 4.84. The van der Waals surface area contributed by atoms with Gasteiger partial charge in [0.25, 0.3) is 0 Å². The molecule has 0 amide bonds. The average molecular weight is 226 g/mol. The van der Waals surface area contributed by atoms with Gasteiger partial charge in [-0.25, -0.2) is 0 Å². The van der Waals surface area contributed by atoms with Crippen LogP contribution in [0.1, 0.15) is 52.4 Å². The Morgan fingerprint density at radius 2 is 1.69 bits per heavy atom. The van der Waals surface area contributed by atoms with E-state index < -0.39 is 0 Å². The molecule has 0 radical (unpaired) electrons. The number of nitrogens with zero attached hydrogens (tertiary/aromatic N) is 1. The van der Waals surface area contributed by atoms with Crippen molar-refractivity contribution in [2.45, 2.75) is 58.4 Å². The van der Waals surface area contributed by atoms with Crippen molar-refractivity contribution < 1.29 is 0 Å². The molecule has 0 aromatic rings. The first-order valence-electron chi connectivity index (χ1n) is 7.18. The van der Waals surface area contributed by atoms with Crippen molar-refractivity contribution in [1.29, 1.82) is 0 Å². The highest BCUT2D eigenvalue weighted by Gasteiger charge is 2.19. The maximum absolute atomic E-state index is 3.45. The van der Waals surface area contributed by atoms with Crippen LogP contribution in [-0.4, -0.2) is 37.6 Å². The Morgan fingerprint density at radius 1 is 1.12 bits per heavy atom.